The molecule has 2 rings (SSSR count). The van der Waals surface area contributed by atoms with Crippen LogP contribution in [0, 0.1) is 5.92 Å². The van der Waals surface area contributed by atoms with Gasteiger partial charge in [-0.15, -0.1) is 0 Å². The Morgan fingerprint density at radius 3 is 2.63 bits per heavy atom. The van der Waals surface area contributed by atoms with Crippen LogP contribution in [0.4, 0.5) is 5.69 Å². The molecule has 2 aromatic rings. The van der Waals surface area contributed by atoms with Crippen LogP contribution in [-0.4, -0.2) is 20.8 Å². The maximum atomic E-state index is 4.41. The molecule has 0 saturated carbocycles. The van der Waals surface area contributed by atoms with Crippen LogP contribution in [0.25, 0.3) is 5.82 Å². The minimum absolute atomic E-state index is 0.472. The van der Waals surface area contributed by atoms with E-state index in [0.29, 0.717) is 6.04 Å². The molecule has 4 heteroatoms. The second-order valence-corrected chi connectivity index (χ2v) is 5.37. The highest BCUT2D eigenvalue weighted by Crippen LogP contribution is 2.13. The fourth-order valence-corrected chi connectivity index (χ4v) is 1.95. The van der Waals surface area contributed by atoms with E-state index in [-0.39, 0.29) is 0 Å². The molecule has 1 N–H and O–H groups in total. The Morgan fingerprint density at radius 2 is 2.05 bits per heavy atom. The zero-order chi connectivity index (χ0) is 13.7. The third kappa shape index (κ3) is 4.09. The first-order chi connectivity index (χ1) is 9.15. The maximum Gasteiger partial charge on any atom is 0.153 e. The van der Waals surface area contributed by atoms with Crippen LogP contribution in [0.5, 0.6) is 0 Å². The third-order valence-electron chi connectivity index (χ3n) is 3.08. The van der Waals surface area contributed by atoms with Crippen molar-refractivity contribution in [3.63, 3.8) is 0 Å². The molecule has 0 fully saturated rings. The zero-order valence-electron chi connectivity index (χ0n) is 11.9. The van der Waals surface area contributed by atoms with Crippen LogP contribution in [0.2, 0.25) is 0 Å². The smallest absolute Gasteiger partial charge is 0.153 e. The van der Waals surface area contributed by atoms with Gasteiger partial charge in [0.1, 0.15) is 0 Å². The molecule has 0 aromatic carbocycles. The first-order valence-corrected chi connectivity index (χ1v) is 6.88. The minimum atomic E-state index is 0.472. The van der Waals surface area contributed by atoms with Crippen molar-refractivity contribution >= 4 is 5.69 Å². The van der Waals surface area contributed by atoms with Gasteiger partial charge in [0, 0.05) is 18.4 Å². The normalized spacial score (nSPS) is 12.6. The van der Waals surface area contributed by atoms with Crippen molar-refractivity contribution in [1.29, 1.82) is 0 Å². The van der Waals surface area contributed by atoms with Gasteiger partial charge in [-0.05, 0) is 43.9 Å². The molecule has 0 aliphatic heterocycles. The highest BCUT2D eigenvalue weighted by molar-refractivity contribution is 5.44. The number of anilines is 1. The zero-order valence-corrected chi connectivity index (χ0v) is 11.9. The molecule has 1 unspecified atom stereocenters. The average Bonchev–Trinajstić information content (AvgIpc) is 2.91. The van der Waals surface area contributed by atoms with Crippen molar-refractivity contribution in [1.82, 2.24) is 14.8 Å². The summed E-state index contributed by atoms with van der Waals surface area (Å²) in [6, 6.07) is 6.39. The molecule has 2 aromatic heterocycles. The van der Waals surface area contributed by atoms with Crippen molar-refractivity contribution in [2.75, 3.05) is 5.32 Å². The molecule has 0 bridgehead atoms. The van der Waals surface area contributed by atoms with E-state index in [1.807, 2.05) is 24.5 Å². The second-order valence-electron chi connectivity index (χ2n) is 5.37. The van der Waals surface area contributed by atoms with E-state index in [9.17, 15) is 0 Å². The molecule has 2 heterocycles. The summed E-state index contributed by atoms with van der Waals surface area (Å²) in [5.74, 6) is 1.59. The molecule has 19 heavy (non-hydrogen) atoms. The van der Waals surface area contributed by atoms with Crippen LogP contribution in [-0.2, 0) is 0 Å². The lowest BCUT2D eigenvalue weighted by Gasteiger charge is -2.16. The van der Waals surface area contributed by atoms with E-state index >= 15 is 0 Å². The highest BCUT2D eigenvalue weighted by Gasteiger charge is 2.04. The molecule has 0 radical (unpaired) electrons. The summed E-state index contributed by atoms with van der Waals surface area (Å²) in [5, 5.41) is 7.64. The summed E-state index contributed by atoms with van der Waals surface area (Å²) in [4.78, 5) is 4.41. The van der Waals surface area contributed by atoms with Crippen LogP contribution in [0.3, 0.4) is 0 Å². The summed E-state index contributed by atoms with van der Waals surface area (Å²) < 4.78 is 1.76. The first-order valence-electron chi connectivity index (χ1n) is 6.88. The van der Waals surface area contributed by atoms with E-state index < -0.39 is 0 Å². The maximum absolute atomic E-state index is 4.41. The topological polar surface area (TPSA) is 42.7 Å². The van der Waals surface area contributed by atoms with Gasteiger partial charge in [0.05, 0.1) is 11.9 Å². The van der Waals surface area contributed by atoms with Gasteiger partial charge in [0.15, 0.2) is 5.82 Å². The van der Waals surface area contributed by atoms with Crippen molar-refractivity contribution < 1.29 is 0 Å². The molecule has 1 atom stereocenters. The predicted octanol–water partition coefficient (Wildman–Crippen LogP) is 3.50. The van der Waals surface area contributed by atoms with Gasteiger partial charge in [0.2, 0.25) is 0 Å². The lowest BCUT2D eigenvalue weighted by atomic mass is 10.0. The molecule has 4 nitrogen and oxygen atoms in total. The van der Waals surface area contributed by atoms with E-state index in [1.165, 1.54) is 12.8 Å². The van der Waals surface area contributed by atoms with Gasteiger partial charge in [-0.25, -0.2) is 9.67 Å². The van der Waals surface area contributed by atoms with Gasteiger partial charge >= 0.3 is 0 Å². The number of nitrogens with zero attached hydrogens (tertiary/aromatic N) is 3. The Morgan fingerprint density at radius 1 is 1.21 bits per heavy atom. The summed E-state index contributed by atoms with van der Waals surface area (Å²) in [6.45, 7) is 6.73. The lowest BCUT2D eigenvalue weighted by Crippen LogP contribution is -2.16. The second kappa shape index (κ2) is 6.36. The molecule has 0 aliphatic rings. The van der Waals surface area contributed by atoms with Gasteiger partial charge in [0.25, 0.3) is 0 Å². The third-order valence-corrected chi connectivity index (χ3v) is 3.08. The largest absolute Gasteiger partial charge is 0.381 e. The van der Waals surface area contributed by atoms with Crippen LogP contribution in [0.1, 0.15) is 33.6 Å². The molecule has 102 valence electrons. The van der Waals surface area contributed by atoms with Crippen molar-refractivity contribution in [2.45, 2.75) is 39.7 Å². The van der Waals surface area contributed by atoms with Gasteiger partial charge < -0.3 is 5.32 Å². The van der Waals surface area contributed by atoms with E-state index in [1.54, 1.807) is 10.9 Å². The van der Waals surface area contributed by atoms with Gasteiger partial charge in [-0.2, -0.15) is 5.10 Å². The first kappa shape index (κ1) is 13.6. The fraction of sp³-hybridized carbons (Fsp3) is 0.467. The number of rotatable bonds is 6. The van der Waals surface area contributed by atoms with Crippen LogP contribution < -0.4 is 5.32 Å². The Labute approximate surface area is 114 Å². The number of pyridine rings is 1. The quantitative estimate of drug-likeness (QED) is 0.862. The number of hydrogen-bond acceptors (Lipinski definition) is 3. The summed E-state index contributed by atoms with van der Waals surface area (Å²) in [5.41, 5.74) is 1.06. The molecule has 0 aliphatic carbocycles. The van der Waals surface area contributed by atoms with Crippen LogP contribution >= 0.6 is 0 Å². The molecular weight excluding hydrogens is 236 g/mol. The standard InChI is InChI=1S/C15H22N4/c1-12(2)5-6-13(3)18-14-7-8-15(16-11-14)19-10-4-9-17-19/h4,7-13,18H,5-6H2,1-3H3. The van der Waals surface area contributed by atoms with Crippen molar-refractivity contribution in [3.8, 4) is 5.82 Å². The number of aromatic nitrogens is 3. The Hall–Kier alpha value is -1.84. The van der Waals surface area contributed by atoms with E-state index in [2.05, 4.69) is 42.2 Å². The fourth-order valence-electron chi connectivity index (χ4n) is 1.95. The molecule has 0 saturated heterocycles. The average molecular weight is 258 g/mol. The van der Waals surface area contributed by atoms with Gasteiger partial charge in [-0.3, -0.25) is 0 Å². The summed E-state index contributed by atoms with van der Waals surface area (Å²) in [7, 11) is 0. The molecule has 0 spiro atoms. The summed E-state index contributed by atoms with van der Waals surface area (Å²) >= 11 is 0. The SMILES string of the molecule is CC(C)CCC(C)Nc1ccc(-n2cccn2)nc1. The minimum Gasteiger partial charge on any atom is -0.381 e. The number of hydrogen-bond donors (Lipinski definition) is 1. The van der Waals surface area contributed by atoms with Gasteiger partial charge in [-0.1, -0.05) is 13.8 Å². The monoisotopic (exact) mass is 258 g/mol. The Bertz CT molecular complexity index is 473. The van der Waals surface area contributed by atoms with E-state index in [4.69, 9.17) is 0 Å². The lowest BCUT2D eigenvalue weighted by molar-refractivity contribution is 0.527. The predicted molar refractivity (Wildman–Crippen MR) is 78.5 cm³/mol. The van der Waals surface area contributed by atoms with E-state index in [0.717, 1.165) is 17.4 Å². The van der Waals surface area contributed by atoms with Crippen molar-refractivity contribution in [2.24, 2.45) is 5.92 Å². The summed E-state index contributed by atoms with van der Waals surface area (Å²) in [6.07, 6.45) is 7.93. The number of nitrogens with one attached hydrogen (secondary N) is 1. The molecular formula is C15H22N4. The Kier molecular flexibility index (Phi) is 4.55. The van der Waals surface area contributed by atoms with Crippen LogP contribution in [0.15, 0.2) is 36.8 Å². The molecule has 0 amide bonds. The van der Waals surface area contributed by atoms with Crippen molar-refractivity contribution in [3.05, 3.63) is 36.8 Å². The highest BCUT2D eigenvalue weighted by atomic mass is 15.3. The Balaban J connectivity index is 1.92.